The summed E-state index contributed by atoms with van der Waals surface area (Å²) in [7, 11) is 0. The van der Waals surface area contributed by atoms with Gasteiger partial charge in [-0.15, -0.1) is 0 Å². The van der Waals surface area contributed by atoms with E-state index < -0.39 is 5.97 Å². The third kappa shape index (κ3) is 5.20. The molecule has 3 rings (SSSR count). The first-order chi connectivity index (χ1) is 13.2. The van der Waals surface area contributed by atoms with Gasteiger partial charge in [0.15, 0.2) is 0 Å². The van der Waals surface area contributed by atoms with Crippen LogP contribution in [0, 0.1) is 0 Å². The van der Waals surface area contributed by atoms with Gasteiger partial charge in [0.2, 0.25) is 0 Å². The normalized spacial score (nSPS) is 10.6. The maximum absolute atomic E-state index is 10.6. The van der Waals surface area contributed by atoms with Gasteiger partial charge < -0.3 is 9.84 Å². The van der Waals surface area contributed by atoms with Crippen LogP contribution in [0.15, 0.2) is 72.8 Å². The second kappa shape index (κ2) is 9.04. The number of aliphatic carboxylic acids is 1. The molecule has 1 N–H and O–H groups in total. The van der Waals surface area contributed by atoms with Crippen molar-refractivity contribution in [3.8, 4) is 16.9 Å². The fourth-order valence-corrected chi connectivity index (χ4v) is 3.11. The van der Waals surface area contributed by atoms with Gasteiger partial charge in [0.25, 0.3) is 0 Å². The van der Waals surface area contributed by atoms with Crippen LogP contribution in [0.4, 0.5) is 0 Å². The molecule has 0 atom stereocenters. The molecule has 0 heterocycles. The molecule has 0 amide bonds. The molecule has 0 radical (unpaired) electrons. The molecule has 27 heavy (non-hydrogen) atoms. The highest BCUT2D eigenvalue weighted by Crippen LogP contribution is 2.25. The smallest absolute Gasteiger partial charge is 0.303 e. The van der Waals surface area contributed by atoms with Crippen LogP contribution in [0.25, 0.3) is 11.1 Å². The van der Waals surface area contributed by atoms with Crippen molar-refractivity contribution in [2.45, 2.75) is 32.8 Å². The molecule has 3 nitrogen and oxygen atoms in total. The van der Waals surface area contributed by atoms with Gasteiger partial charge in [-0.2, -0.15) is 0 Å². The van der Waals surface area contributed by atoms with E-state index in [0.29, 0.717) is 13.0 Å². The van der Waals surface area contributed by atoms with Gasteiger partial charge in [-0.25, -0.2) is 0 Å². The Hall–Kier alpha value is -3.07. The minimum Gasteiger partial charge on any atom is -0.489 e. The summed E-state index contributed by atoms with van der Waals surface area (Å²) in [6.45, 7) is 2.67. The van der Waals surface area contributed by atoms with Gasteiger partial charge >= 0.3 is 5.97 Å². The van der Waals surface area contributed by atoms with E-state index in [0.717, 1.165) is 23.3 Å². The molecule has 0 aromatic heterocycles. The van der Waals surface area contributed by atoms with Gasteiger partial charge in [-0.3, -0.25) is 4.79 Å². The zero-order chi connectivity index (χ0) is 19.1. The lowest BCUT2D eigenvalue weighted by Gasteiger charge is -2.11. The first-order valence-electron chi connectivity index (χ1n) is 9.26. The number of carbonyl (C=O) groups is 1. The minimum atomic E-state index is -0.778. The van der Waals surface area contributed by atoms with Crippen LogP contribution in [0.3, 0.4) is 0 Å². The Morgan fingerprint density at radius 2 is 1.70 bits per heavy atom. The van der Waals surface area contributed by atoms with Crippen LogP contribution in [-0.2, 0) is 24.2 Å². The van der Waals surface area contributed by atoms with Gasteiger partial charge in [0, 0.05) is 6.42 Å². The predicted octanol–water partition coefficient (Wildman–Crippen LogP) is 5.51. The summed E-state index contributed by atoms with van der Waals surface area (Å²) < 4.78 is 5.90. The van der Waals surface area contributed by atoms with E-state index in [1.165, 1.54) is 16.7 Å². The zero-order valence-electron chi connectivity index (χ0n) is 15.5. The maximum atomic E-state index is 10.6. The molecule has 138 valence electrons. The molecule has 0 fully saturated rings. The Kier molecular flexibility index (Phi) is 6.26. The third-order valence-electron chi connectivity index (χ3n) is 4.59. The highest BCUT2D eigenvalue weighted by Gasteiger charge is 2.05. The van der Waals surface area contributed by atoms with Crippen molar-refractivity contribution in [1.82, 2.24) is 0 Å². The van der Waals surface area contributed by atoms with Crippen molar-refractivity contribution >= 4 is 5.97 Å². The third-order valence-corrected chi connectivity index (χ3v) is 4.59. The van der Waals surface area contributed by atoms with E-state index in [-0.39, 0.29) is 6.42 Å². The predicted molar refractivity (Wildman–Crippen MR) is 108 cm³/mol. The number of carboxylic acids is 1. The van der Waals surface area contributed by atoms with Crippen LogP contribution in [0.2, 0.25) is 0 Å². The number of carboxylic acid groups (broad SMARTS) is 1. The summed E-state index contributed by atoms with van der Waals surface area (Å²) in [6, 6.07) is 24.6. The van der Waals surface area contributed by atoms with Gasteiger partial charge in [-0.05, 0) is 58.9 Å². The molecule has 0 spiro atoms. The van der Waals surface area contributed by atoms with Crippen LogP contribution in [0.5, 0.6) is 5.75 Å². The van der Waals surface area contributed by atoms with Crippen LogP contribution in [-0.4, -0.2) is 11.1 Å². The Balaban J connectivity index is 1.66. The number of hydrogen-bond donors (Lipinski definition) is 1. The second-order valence-electron chi connectivity index (χ2n) is 6.54. The molecule has 0 unspecified atom stereocenters. The Morgan fingerprint density at radius 3 is 2.44 bits per heavy atom. The average molecular weight is 360 g/mol. The van der Waals surface area contributed by atoms with Crippen molar-refractivity contribution < 1.29 is 14.6 Å². The van der Waals surface area contributed by atoms with Crippen molar-refractivity contribution in [3.63, 3.8) is 0 Å². The van der Waals surface area contributed by atoms with Crippen LogP contribution in [0.1, 0.15) is 30.0 Å². The maximum Gasteiger partial charge on any atom is 0.303 e. The van der Waals surface area contributed by atoms with Crippen molar-refractivity contribution in [3.05, 3.63) is 89.5 Å². The molecule has 0 aliphatic carbocycles. The summed E-state index contributed by atoms with van der Waals surface area (Å²) in [5.41, 5.74) is 5.94. The largest absolute Gasteiger partial charge is 0.489 e. The van der Waals surface area contributed by atoms with E-state index >= 15 is 0 Å². The quantitative estimate of drug-likeness (QED) is 0.576. The first kappa shape index (κ1) is 18.7. The number of rotatable bonds is 8. The molecule has 0 bridgehead atoms. The lowest BCUT2D eigenvalue weighted by atomic mass is 9.97. The van der Waals surface area contributed by atoms with Crippen LogP contribution < -0.4 is 4.74 Å². The van der Waals surface area contributed by atoms with E-state index in [1.54, 1.807) is 0 Å². The highest BCUT2D eigenvalue weighted by molar-refractivity contribution is 5.68. The van der Waals surface area contributed by atoms with E-state index in [1.807, 2.05) is 24.3 Å². The topological polar surface area (TPSA) is 46.5 Å². The second-order valence-corrected chi connectivity index (χ2v) is 6.54. The fraction of sp³-hybridized carbons (Fsp3) is 0.208. The lowest BCUT2D eigenvalue weighted by molar-refractivity contribution is -0.136. The Bertz CT molecular complexity index is 898. The van der Waals surface area contributed by atoms with Crippen molar-refractivity contribution in [2.24, 2.45) is 0 Å². The summed E-state index contributed by atoms with van der Waals surface area (Å²) in [5.74, 6) is 0.00768. The summed E-state index contributed by atoms with van der Waals surface area (Å²) in [4.78, 5) is 10.6. The highest BCUT2D eigenvalue weighted by atomic mass is 16.5. The SMILES string of the molecule is CCc1ccccc1-c1cccc(COc2ccc(CCC(=O)O)cc2)c1. The number of ether oxygens (including phenoxy) is 1. The fourth-order valence-electron chi connectivity index (χ4n) is 3.11. The molecular formula is C24H24O3. The number of hydrogen-bond acceptors (Lipinski definition) is 2. The Morgan fingerprint density at radius 1 is 0.926 bits per heavy atom. The molecule has 3 aromatic carbocycles. The van der Waals surface area contributed by atoms with Crippen LogP contribution >= 0.6 is 0 Å². The molecule has 3 aromatic rings. The van der Waals surface area contributed by atoms with Gasteiger partial charge in [0.05, 0.1) is 0 Å². The minimum absolute atomic E-state index is 0.145. The van der Waals surface area contributed by atoms with Crippen molar-refractivity contribution in [2.75, 3.05) is 0 Å². The zero-order valence-corrected chi connectivity index (χ0v) is 15.5. The molecule has 0 saturated heterocycles. The van der Waals surface area contributed by atoms with Gasteiger partial charge in [0.1, 0.15) is 12.4 Å². The summed E-state index contributed by atoms with van der Waals surface area (Å²) >= 11 is 0. The van der Waals surface area contributed by atoms with E-state index in [4.69, 9.17) is 9.84 Å². The molecular weight excluding hydrogens is 336 g/mol. The van der Waals surface area contributed by atoms with E-state index in [2.05, 4.69) is 55.5 Å². The van der Waals surface area contributed by atoms with Crippen molar-refractivity contribution in [1.29, 1.82) is 0 Å². The average Bonchev–Trinajstić information content (AvgIpc) is 2.71. The summed E-state index contributed by atoms with van der Waals surface area (Å²) in [5, 5.41) is 8.75. The number of benzene rings is 3. The van der Waals surface area contributed by atoms with E-state index in [9.17, 15) is 4.79 Å². The standard InChI is InChI=1S/C24H24O3/c1-2-20-7-3-4-9-23(20)21-8-5-6-19(16-21)17-27-22-13-10-18(11-14-22)12-15-24(25)26/h3-11,13-14,16H,2,12,15,17H2,1H3,(H,25,26). The first-order valence-corrected chi connectivity index (χ1v) is 9.26. The lowest BCUT2D eigenvalue weighted by Crippen LogP contribution is -1.98. The number of aryl methyl sites for hydroxylation is 2. The molecule has 3 heteroatoms. The van der Waals surface area contributed by atoms with Gasteiger partial charge in [-0.1, -0.05) is 61.5 Å². The molecule has 0 aliphatic rings. The summed E-state index contributed by atoms with van der Waals surface area (Å²) in [6.07, 6.45) is 1.69. The molecule has 0 saturated carbocycles. The molecule has 0 aliphatic heterocycles. The monoisotopic (exact) mass is 360 g/mol. The Labute approximate surface area is 160 Å².